The van der Waals surface area contributed by atoms with E-state index in [0.29, 0.717) is 18.7 Å². The second kappa shape index (κ2) is 8.97. The third-order valence-corrected chi connectivity index (χ3v) is 7.90. The Morgan fingerprint density at radius 3 is 2.37 bits per heavy atom. The minimum Gasteiger partial charge on any atom is -0.464 e. The summed E-state index contributed by atoms with van der Waals surface area (Å²) in [4.78, 5) is 17.2. The highest BCUT2D eigenvalue weighted by Crippen LogP contribution is 2.35. The van der Waals surface area contributed by atoms with Crippen molar-refractivity contribution < 1.29 is 44.3 Å². The highest BCUT2D eigenvalue weighted by molar-refractivity contribution is 7.92. The van der Waals surface area contributed by atoms with E-state index in [9.17, 15) is 39.6 Å². The molecule has 3 heterocycles. The van der Waals surface area contributed by atoms with Crippen molar-refractivity contribution >= 4 is 15.7 Å². The lowest BCUT2D eigenvalue weighted by molar-refractivity contribution is -0.138. The van der Waals surface area contributed by atoms with Crippen LogP contribution in [-0.2, 0) is 27.0 Å². The van der Waals surface area contributed by atoms with Gasteiger partial charge in [-0.15, -0.1) is 0 Å². The lowest BCUT2D eigenvalue weighted by Crippen LogP contribution is -2.49. The molecule has 2 aromatic rings. The van der Waals surface area contributed by atoms with Crippen molar-refractivity contribution in [1.82, 2.24) is 15.2 Å². The van der Waals surface area contributed by atoms with Gasteiger partial charge in [-0.05, 0) is 37.2 Å². The van der Waals surface area contributed by atoms with Crippen LogP contribution < -0.4 is 10.1 Å². The monoisotopic (exact) mass is 523 g/mol. The Bertz CT molecular complexity index is 1200. The van der Waals surface area contributed by atoms with Gasteiger partial charge in [0.15, 0.2) is 15.9 Å². The number of benzene rings is 1. The van der Waals surface area contributed by atoms with Gasteiger partial charge in [0.25, 0.3) is 5.91 Å². The molecular formula is C21H19F6N3O4S. The largest absolute Gasteiger partial charge is 0.464 e. The van der Waals surface area contributed by atoms with Gasteiger partial charge < -0.3 is 9.64 Å². The Balaban J connectivity index is 1.59. The molecule has 35 heavy (non-hydrogen) atoms. The minimum absolute atomic E-state index is 0.155. The molecule has 2 fully saturated rings. The number of nitrogens with one attached hydrogen (secondary N) is 1. The summed E-state index contributed by atoms with van der Waals surface area (Å²) in [5.41, 5.74) is -2.13. The minimum atomic E-state index is -4.74. The van der Waals surface area contributed by atoms with E-state index in [1.807, 2.05) is 0 Å². The highest BCUT2D eigenvalue weighted by atomic mass is 32.2. The molecule has 4 rings (SSSR count). The van der Waals surface area contributed by atoms with Gasteiger partial charge in [-0.1, -0.05) is 6.07 Å². The SMILES string of the molecule is O=C1C(Oc2ccc(C(F)(F)F)cn2)CC2C(S(=O)(=O)c3cccc(C(F)(F)F)c3)NCCCN12. The number of hydrogen-bond acceptors (Lipinski definition) is 6. The van der Waals surface area contributed by atoms with Gasteiger partial charge in [0, 0.05) is 25.2 Å². The molecule has 3 atom stereocenters. The van der Waals surface area contributed by atoms with Crippen molar-refractivity contribution in [3.63, 3.8) is 0 Å². The molecule has 0 saturated carbocycles. The molecule has 2 saturated heterocycles. The lowest BCUT2D eigenvalue weighted by Gasteiger charge is -2.28. The summed E-state index contributed by atoms with van der Waals surface area (Å²) in [6, 6.07) is 4.07. The topological polar surface area (TPSA) is 88.6 Å². The van der Waals surface area contributed by atoms with Crippen molar-refractivity contribution in [2.45, 2.75) is 47.6 Å². The Hall–Kier alpha value is -2.87. The lowest BCUT2D eigenvalue weighted by atomic mass is 10.2. The van der Waals surface area contributed by atoms with E-state index in [-0.39, 0.29) is 25.4 Å². The summed E-state index contributed by atoms with van der Waals surface area (Å²) in [5.74, 6) is -0.830. The zero-order valence-corrected chi connectivity index (χ0v) is 18.6. The average molecular weight is 523 g/mol. The van der Waals surface area contributed by atoms with Crippen molar-refractivity contribution in [3.8, 4) is 5.88 Å². The number of hydrogen-bond donors (Lipinski definition) is 1. The molecule has 2 aliphatic rings. The second-order valence-corrected chi connectivity index (χ2v) is 10.2. The molecule has 1 aromatic carbocycles. The summed E-state index contributed by atoms with van der Waals surface area (Å²) in [6.07, 6.45) is -9.80. The van der Waals surface area contributed by atoms with Gasteiger partial charge in [-0.2, -0.15) is 26.3 Å². The van der Waals surface area contributed by atoms with Crippen LogP contribution >= 0.6 is 0 Å². The Morgan fingerprint density at radius 1 is 1.03 bits per heavy atom. The number of halogens is 6. The number of amides is 1. The van der Waals surface area contributed by atoms with Crippen molar-refractivity contribution in [2.75, 3.05) is 13.1 Å². The Kier molecular flexibility index (Phi) is 6.47. The smallest absolute Gasteiger partial charge is 0.417 e. The summed E-state index contributed by atoms with van der Waals surface area (Å²) in [7, 11) is -4.37. The fraction of sp³-hybridized carbons (Fsp3) is 0.429. The molecule has 0 aliphatic carbocycles. The zero-order chi connectivity index (χ0) is 25.6. The van der Waals surface area contributed by atoms with Crippen LogP contribution in [0.15, 0.2) is 47.5 Å². The molecule has 0 bridgehead atoms. The van der Waals surface area contributed by atoms with Gasteiger partial charge >= 0.3 is 12.4 Å². The number of rotatable bonds is 4. The van der Waals surface area contributed by atoms with E-state index in [1.165, 1.54) is 4.90 Å². The highest BCUT2D eigenvalue weighted by Gasteiger charge is 2.50. The summed E-state index contributed by atoms with van der Waals surface area (Å²) in [5, 5.41) is 1.41. The third-order valence-electron chi connectivity index (χ3n) is 5.84. The molecule has 3 unspecified atom stereocenters. The number of sulfone groups is 1. The number of carbonyl (C=O) groups is 1. The second-order valence-electron chi connectivity index (χ2n) is 8.12. The Labute approximate surface area is 196 Å². The fourth-order valence-electron chi connectivity index (χ4n) is 4.16. The zero-order valence-electron chi connectivity index (χ0n) is 17.8. The molecule has 1 N–H and O–H groups in total. The molecule has 2 aliphatic heterocycles. The molecule has 14 heteroatoms. The standard InChI is InChI=1S/C21H19F6N3O4S/c22-20(23,24)12-3-1-4-14(9-12)35(32,33)18-15-10-16(19(31)30(15)8-2-7-28-18)34-17-6-5-13(11-29-17)21(25,26)27/h1,3-6,9,11,15-16,18,28H,2,7-8,10H2. The van der Waals surface area contributed by atoms with E-state index >= 15 is 0 Å². The molecule has 0 spiro atoms. The molecule has 0 radical (unpaired) electrons. The summed E-state index contributed by atoms with van der Waals surface area (Å²) < 4.78 is 110. The first-order chi connectivity index (χ1) is 16.3. The normalized spacial score (nSPS) is 23.7. The first-order valence-electron chi connectivity index (χ1n) is 10.4. The molecule has 1 aromatic heterocycles. The van der Waals surface area contributed by atoms with Crippen LogP contribution in [0.4, 0.5) is 26.3 Å². The Morgan fingerprint density at radius 2 is 1.74 bits per heavy atom. The molecule has 1 amide bonds. The fourth-order valence-corrected chi connectivity index (χ4v) is 6.02. The first-order valence-corrected chi connectivity index (χ1v) is 12.0. The third kappa shape index (κ3) is 5.08. The van der Waals surface area contributed by atoms with Crippen LogP contribution in [-0.4, -0.2) is 54.8 Å². The summed E-state index contributed by atoms with van der Waals surface area (Å²) in [6.45, 7) is 0.376. The number of nitrogens with zero attached hydrogens (tertiary/aromatic N) is 2. The maximum absolute atomic E-state index is 13.3. The van der Waals surface area contributed by atoms with E-state index in [4.69, 9.17) is 4.74 Å². The van der Waals surface area contributed by atoms with Crippen LogP contribution in [0.3, 0.4) is 0 Å². The van der Waals surface area contributed by atoms with Crippen LogP contribution in [0.25, 0.3) is 0 Å². The van der Waals surface area contributed by atoms with Gasteiger partial charge in [-0.25, -0.2) is 13.4 Å². The average Bonchev–Trinajstić information content (AvgIpc) is 2.95. The van der Waals surface area contributed by atoms with Gasteiger partial charge in [0.2, 0.25) is 5.88 Å². The maximum atomic E-state index is 13.3. The number of ether oxygens (including phenoxy) is 1. The maximum Gasteiger partial charge on any atom is 0.417 e. The predicted octanol–water partition coefficient (Wildman–Crippen LogP) is 3.26. The molecule has 7 nitrogen and oxygen atoms in total. The number of carbonyl (C=O) groups excluding carboxylic acids is 1. The quantitative estimate of drug-likeness (QED) is 0.620. The van der Waals surface area contributed by atoms with Gasteiger partial charge in [-0.3, -0.25) is 10.1 Å². The molecular weight excluding hydrogens is 504 g/mol. The van der Waals surface area contributed by atoms with Crippen LogP contribution in [0.5, 0.6) is 5.88 Å². The van der Waals surface area contributed by atoms with E-state index in [2.05, 4.69) is 10.3 Å². The van der Waals surface area contributed by atoms with Crippen molar-refractivity contribution in [1.29, 1.82) is 0 Å². The van der Waals surface area contributed by atoms with E-state index < -0.39 is 61.6 Å². The van der Waals surface area contributed by atoms with Gasteiger partial charge in [0.05, 0.1) is 22.1 Å². The van der Waals surface area contributed by atoms with Crippen LogP contribution in [0.2, 0.25) is 0 Å². The van der Waals surface area contributed by atoms with Crippen LogP contribution in [0.1, 0.15) is 24.0 Å². The van der Waals surface area contributed by atoms with Crippen molar-refractivity contribution in [2.24, 2.45) is 0 Å². The van der Waals surface area contributed by atoms with Gasteiger partial charge in [0.1, 0.15) is 5.37 Å². The van der Waals surface area contributed by atoms with E-state index in [1.54, 1.807) is 0 Å². The van der Waals surface area contributed by atoms with Crippen LogP contribution in [0, 0.1) is 0 Å². The summed E-state index contributed by atoms with van der Waals surface area (Å²) >= 11 is 0. The van der Waals surface area contributed by atoms with Crippen molar-refractivity contribution in [3.05, 3.63) is 53.7 Å². The first kappa shape index (κ1) is 25.2. The predicted molar refractivity (Wildman–Crippen MR) is 109 cm³/mol. The molecule has 190 valence electrons. The number of alkyl halides is 6. The van der Waals surface area contributed by atoms with E-state index in [0.717, 1.165) is 30.3 Å². The number of fused-ring (bicyclic) bond motifs is 1. The number of aromatic nitrogens is 1. The number of pyridine rings is 1.